The highest BCUT2D eigenvalue weighted by molar-refractivity contribution is 14.1. The third kappa shape index (κ3) is 2.61. The van der Waals surface area contributed by atoms with Gasteiger partial charge >= 0.3 is 0 Å². The number of aromatic nitrogens is 1. The Morgan fingerprint density at radius 1 is 1.33 bits per heavy atom. The molecule has 2 aromatic rings. The van der Waals surface area contributed by atoms with Crippen molar-refractivity contribution in [3.8, 4) is 0 Å². The van der Waals surface area contributed by atoms with Crippen molar-refractivity contribution in [1.82, 2.24) is 4.98 Å². The maximum atomic E-state index is 12.1. The topological polar surface area (TPSA) is 68.0 Å². The van der Waals surface area contributed by atoms with Gasteiger partial charge in [0.25, 0.3) is 5.91 Å². The number of nitrogen functional groups attached to an aromatic ring is 1. The molecule has 4 nitrogen and oxygen atoms in total. The Balaban J connectivity index is 2.27. The number of hydrogen-bond acceptors (Lipinski definition) is 3. The van der Waals surface area contributed by atoms with Gasteiger partial charge < -0.3 is 11.1 Å². The fourth-order valence-electron chi connectivity index (χ4n) is 1.54. The summed E-state index contributed by atoms with van der Waals surface area (Å²) in [6.07, 6.45) is 1.56. The molecule has 1 heterocycles. The summed E-state index contributed by atoms with van der Waals surface area (Å²) in [6.45, 7) is 1.96. The van der Waals surface area contributed by atoms with Crippen molar-refractivity contribution in [1.29, 1.82) is 0 Å². The predicted molar refractivity (Wildman–Crippen MR) is 80.5 cm³/mol. The lowest BCUT2D eigenvalue weighted by molar-refractivity contribution is 0.102. The fourth-order valence-corrected chi connectivity index (χ4v) is 2.04. The summed E-state index contributed by atoms with van der Waals surface area (Å²) >= 11 is 2.23. The summed E-state index contributed by atoms with van der Waals surface area (Å²) in [4.78, 5) is 16.0. The van der Waals surface area contributed by atoms with Crippen LogP contribution in [-0.2, 0) is 0 Å². The number of nitrogens with two attached hydrogens (primary N) is 1. The van der Waals surface area contributed by atoms with Crippen LogP contribution in [-0.4, -0.2) is 10.9 Å². The van der Waals surface area contributed by atoms with E-state index in [0.29, 0.717) is 5.56 Å². The third-order valence-electron chi connectivity index (χ3n) is 2.60. The molecule has 0 aliphatic carbocycles. The summed E-state index contributed by atoms with van der Waals surface area (Å²) < 4.78 is 1.10. The molecule has 1 amide bonds. The van der Waals surface area contributed by atoms with Crippen molar-refractivity contribution in [2.24, 2.45) is 0 Å². The average Bonchev–Trinajstić information content (AvgIpc) is 2.35. The summed E-state index contributed by atoms with van der Waals surface area (Å²) in [5, 5.41) is 2.84. The number of anilines is 2. The first-order chi connectivity index (χ1) is 8.59. The van der Waals surface area contributed by atoms with Crippen molar-refractivity contribution in [3.05, 3.63) is 51.2 Å². The summed E-state index contributed by atoms with van der Waals surface area (Å²) in [7, 11) is 0. The standard InChI is InChI=1S/C13H12IN3O/c1-8-10(14)5-2-6-11(8)17-13(18)9-4-3-7-16-12(9)15/h2-7H,1H3,(H2,15,16)(H,17,18). The Hall–Kier alpha value is -1.63. The van der Waals surface area contributed by atoms with Gasteiger partial charge in [-0.15, -0.1) is 0 Å². The van der Waals surface area contributed by atoms with Gasteiger partial charge in [-0.25, -0.2) is 4.98 Å². The number of halogens is 1. The van der Waals surface area contributed by atoms with E-state index in [1.54, 1.807) is 18.3 Å². The van der Waals surface area contributed by atoms with Crippen LogP contribution in [0.5, 0.6) is 0 Å². The van der Waals surface area contributed by atoms with Crippen LogP contribution in [0.15, 0.2) is 36.5 Å². The quantitative estimate of drug-likeness (QED) is 0.816. The van der Waals surface area contributed by atoms with Crippen LogP contribution in [0.3, 0.4) is 0 Å². The lowest BCUT2D eigenvalue weighted by Gasteiger charge is -2.10. The van der Waals surface area contributed by atoms with Crippen molar-refractivity contribution < 1.29 is 4.79 Å². The second-order valence-corrected chi connectivity index (χ2v) is 4.96. The van der Waals surface area contributed by atoms with Gasteiger partial charge in [-0.2, -0.15) is 0 Å². The minimum absolute atomic E-state index is 0.235. The number of benzene rings is 1. The molecule has 0 saturated carbocycles. The maximum Gasteiger partial charge on any atom is 0.259 e. The van der Waals surface area contributed by atoms with Gasteiger partial charge in [0.05, 0.1) is 5.56 Å². The molecule has 1 aromatic carbocycles. The fraction of sp³-hybridized carbons (Fsp3) is 0.0769. The second kappa shape index (κ2) is 5.34. The molecule has 0 aliphatic heterocycles. The van der Waals surface area contributed by atoms with Gasteiger partial charge in [0, 0.05) is 15.5 Å². The average molecular weight is 353 g/mol. The van der Waals surface area contributed by atoms with E-state index in [0.717, 1.165) is 14.8 Å². The number of carbonyl (C=O) groups excluding carboxylic acids is 1. The first kappa shape index (κ1) is 12.8. The van der Waals surface area contributed by atoms with Crippen molar-refractivity contribution >= 4 is 40.0 Å². The molecule has 0 saturated heterocycles. The van der Waals surface area contributed by atoms with E-state index >= 15 is 0 Å². The zero-order valence-electron chi connectivity index (χ0n) is 9.77. The normalized spacial score (nSPS) is 10.1. The number of nitrogens with one attached hydrogen (secondary N) is 1. The molecule has 0 unspecified atom stereocenters. The number of nitrogens with zero attached hydrogens (tertiary/aromatic N) is 1. The first-order valence-corrected chi connectivity index (χ1v) is 6.44. The molecule has 5 heteroatoms. The lowest BCUT2D eigenvalue weighted by atomic mass is 10.2. The van der Waals surface area contributed by atoms with Gasteiger partial charge in [-0.3, -0.25) is 4.79 Å². The van der Waals surface area contributed by atoms with Crippen molar-refractivity contribution in [3.63, 3.8) is 0 Å². The monoisotopic (exact) mass is 353 g/mol. The predicted octanol–water partition coefficient (Wildman–Crippen LogP) is 2.83. The Kier molecular flexibility index (Phi) is 3.81. The molecule has 0 spiro atoms. The molecule has 0 bridgehead atoms. The molecule has 0 radical (unpaired) electrons. The van der Waals surface area contributed by atoms with Gasteiger partial charge in [0.15, 0.2) is 0 Å². The van der Waals surface area contributed by atoms with Crippen LogP contribution < -0.4 is 11.1 Å². The molecular formula is C13H12IN3O. The third-order valence-corrected chi connectivity index (χ3v) is 3.77. The number of amides is 1. The Bertz CT molecular complexity index is 599. The van der Waals surface area contributed by atoms with E-state index in [4.69, 9.17) is 5.73 Å². The summed E-state index contributed by atoms with van der Waals surface area (Å²) in [5.74, 6) is -0.0102. The van der Waals surface area contributed by atoms with Gasteiger partial charge in [-0.1, -0.05) is 6.07 Å². The van der Waals surface area contributed by atoms with E-state index in [-0.39, 0.29) is 11.7 Å². The summed E-state index contributed by atoms with van der Waals surface area (Å²) in [5.41, 5.74) is 7.88. The zero-order chi connectivity index (χ0) is 13.1. The first-order valence-electron chi connectivity index (χ1n) is 5.36. The number of pyridine rings is 1. The van der Waals surface area contributed by atoms with E-state index in [9.17, 15) is 4.79 Å². The molecule has 3 N–H and O–H groups in total. The maximum absolute atomic E-state index is 12.1. The van der Waals surface area contributed by atoms with E-state index < -0.39 is 0 Å². The highest BCUT2D eigenvalue weighted by atomic mass is 127. The van der Waals surface area contributed by atoms with Crippen molar-refractivity contribution in [2.75, 3.05) is 11.1 Å². The van der Waals surface area contributed by atoms with Gasteiger partial charge in [0.1, 0.15) is 5.82 Å². The van der Waals surface area contributed by atoms with Crippen LogP contribution >= 0.6 is 22.6 Å². The molecule has 0 fully saturated rings. The summed E-state index contributed by atoms with van der Waals surface area (Å²) in [6, 6.07) is 9.09. The highest BCUT2D eigenvalue weighted by Gasteiger charge is 2.11. The van der Waals surface area contributed by atoms with E-state index in [1.807, 2.05) is 25.1 Å². The van der Waals surface area contributed by atoms with E-state index in [2.05, 4.69) is 32.9 Å². The largest absolute Gasteiger partial charge is 0.383 e. The molecule has 2 rings (SSSR count). The van der Waals surface area contributed by atoms with Gasteiger partial charge in [-0.05, 0) is 59.3 Å². The molecule has 1 aromatic heterocycles. The Morgan fingerprint density at radius 2 is 2.11 bits per heavy atom. The van der Waals surface area contributed by atoms with Crippen molar-refractivity contribution in [2.45, 2.75) is 6.92 Å². The zero-order valence-corrected chi connectivity index (χ0v) is 11.9. The Labute approximate surface area is 119 Å². The molecular weight excluding hydrogens is 341 g/mol. The SMILES string of the molecule is Cc1c(I)cccc1NC(=O)c1cccnc1N. The number of rotatable bonds is 2. The molecule has 0 aliphatic rings. The van der Waals surface area contributed by atoms with Gasteiger partial charge in [0.2, 0.25) is 0 Å². The molecule has 18 heavy (non-hydrogen) atoms. The van der Waals surface area contributed by atoms with Crippen LogP contribution in [0.25, 0.3) is 0 Å². The smallest absolute Gasteiger partial charge is 0.259 e. The highest BCUT2D eigenvalue weighted by Crippen LogP contribution is 2.21. The minimum Gasteiger partial charge on any atom is -0.383 e. The number of carbonyl (C=O) groups is 1. The van der Waals surface area contributed by atoms with Crippen LogP contribution in [0.2, 0.25) is 0 Å². The van der Waals surface area contributed by atoms with Crippen LogP contribution in [0.1, 0.15) is 15.9 Å². The number of hydrogen-bond donors (Lipinski definition) is 2. The Morgan fingerprint density at radius 3 is 2.83 bits per heavy atom. The molecule has 0 atom stereocenters. The van der Waals surface area contributed by atoms with Crippen LogP contribution in [0.4, 0.5) is 11.5 Å². The van der Waals surface area contributed by atoms with Crippen LogP contribution in [0, 0.1) is 10.5 Å². The van der Waals surface area contributed by atoms with E-state index in [1.165, 1.54) is 0 Å². The second-order valence-electron chi connectivity index (χ2n) is 3.80. The minimum atomic E-state index is -0.245. The lowest BCUT2D eigenvalue weighted by Crippen LogP contribution is -2.15. The molecule has 92 valence electrons.